The van der Waals surface area contributed by atoms with Gasteiger partial charge in [0.25, 0.3) is 0 Å². The fourth-order valence-electron chi connectivity index (χ4n) is 2.18. The Morgan fingerprint density at radius 1 is 1.40 bits per heavy atom. The van der Waals surface area contributed by atoms with Gasteiger partial charge in [0.2, 0.25) is 5.91 Å². The van der Waals surface area contributed by atoms with Crippen molar-refractivity contribution in [3.05, 3.63) is 0 Å². The average molecular weight is 213 g/mol. The van der Waals surface area contributed by atoms with Gasteiger partial charge in [-0.05, 0) is 12.8 Å². The van der Waals surface area contributed by atoms with Crippen LogP contribution in [0, 0.1) is 5.92 Å². The molecule has 0 spiro atoms. The Balaban J connectivity index is 2.82. The van der Waals surface area contributed by atoms with E-state index in [1.54, 1.807) is 0 Å². The van der Waals surface area contributed by atoms with Gasteiger partial charge in [0, 0.05) is 32.7 Å². The van der Waals surface area contributed by atoms with Gasteiger partial charge in [-0.15, -0.1) is 0 Å². The Bertz CT molecular complexity index is 230. The third-order valence-corrected chi connectivity index (χ3v) is 3.22. The van der Waals surface area contributed by atoms with Gasteiger partial charge in [-0.25, -0.2) is 0 Å². The highest BCUT2D eigenvalue weighted by atomic mass is 16.2. The van der Waals surface area contributed by atoms with Crippen LogP contribution in [0.2, 0.25) is 0 Å². The summed E-state index contributed by atoms with van der Waals surface area (Å²) in [4.78, 5) is 16.1. The molecule has 0 saturated carbocycles. The molecule has 1 fully saturated rings. The molecule has 2 N–H and O–H groups in total. The van der Waals surface area contributed by atoms with Gasteiger partial charge in [-0.1, -0.05) is 13.8 Å². The number of carbonyl (C=O) groups is 1. The predicted molar refractivity (Wildman–Crippen MR) is 61.5 cm³/mol. The summed E-state index contributed by atoms with van der Waals surface area (Å²) >= 11 is 0. The van der Waals surface area contributed by atoms with E-state index in [1.165, 1.54) is 0 Å². The second-order valence-electron chi connectivity index (χ2n) is 4.77. The van der Waals surface area contributed by atoms with Crippen LogP contribution in [0.1, 0.15) is 20.8 Å². The van der Waals surface area contributed by atoms with Crippen LogP contribution in [-0.4, -0.2) is 54.5 Å². The lowest BCUT2D eigenvalue weighted by molar-refractivity contribution is -0.143. The quantitative estimate of drug-likeness (QED) is 0.725. The van der Waals surface area contributed by atoms with Crippen LogP contribution in [0.15, 0.2) is 0 Å². The van der Waals surface area contributed by atoms with E-state index in [2.05, 4.69) is 25.7 Å². The first-order chi connectivity index (χ1) is 6.99. The number of nitrogens with two attached hydrogens (primary N) is 1. The molecule has 1 heterocycles. The molecule has 2 atom stereocenters. The van der Waals surface area contributed by atoms with E-state index in [0.717, 1.165) is 13.1 Å². The van der Waals surface area contributed by atoms with Crippen molar-refractivity contribution in [3.63, 3.8) is 0 Å². The second kappa shape index (κ2) is 4.94. The summed E-state index contributed by atoms with van der Waals surface area (Å²) in [5.74, 6) is 0.575. The van der Waals surface area contributed by atoms with Crippen molar-refractivity contribution in [2.75, 3.05) is 26.7 Å². The summed E-state index contributed by atoms with van der Waals surface area (Å²) in [6.45, 7) is 8.64. The van der Waals surface area contributed by atoms with Crippen molar-refractivity contribution in [3.8, 4) is 0 Å². The van der Waals surface area contributed by atoms with E-state index in [1.807, 2.05) is 11.9 Å². The van der Waals surface area contributed by atoms with E-state index in [9.17, 15) is 4.79 Å². The SMILES string of the molecule is CC(C)C1C(=O)N(C)CCN1C(C)CN. The third kappa shape index (κ3) is 2.49. The number of likely N-dealkylation sites (N-methyl/N-ethyl adjacent to an activating group) is 1. The molecule has 1 amide bonds. The Kier molecular flexibility index (Phi) is 4.11. The van der Waals surface area contributed by atoms with Crippen LogP contribution in [0.3, 0.4) is 0 Å². The monoisotopic (exact) mass is 213 g/mol. The van der Waals surface area contributed by atoms with Crippen LogP contribution in [0.25, 0.3) is 0 Å². The number of piperazine rings is 1. The lowest BCUT2D eigenvalue weighted by Crippen LogP contribution is -2.61. The zero-order valence-electron chi connectivity index (χ0n) is 10.2. The number of carbonyl (C=O) groups excluding carboxylic acids is 1. The van der Waals surface area contributed by atoms with Crippen molar-refractivity contribution in [1.29, 1.82) is 0 Å². The van der Waals surface area contributed by atoms with Gasteiger partial charge in [-0.2, -0.15) is 0 Å². The molecular formula is C11H23N3O. The van der Waals surface area contributed by atoms with Crippen molar-refractivity contribution in [1.82, 2.24) is 9.80 Å². The molecule has 4 heteroatoms. The van der Waals surface area contributed by atoms with Crippen LogP contribution >= 0.6 is 0 Å². The van der Waals surface area contributed by atoms with E-state index in [4.69, 9.17) is 5.73 Å². The number of hydrogen-bond acceptors (Lipinski definition) is 3. The van der Waals surface area contributed by atoms with E-state index >= 15 is 0 Å². The molecule has 1 aliphatic heterocycles. The molecule has 88 valence electrons. The molecule has 0 aliphatic carbocycles. The maximum Gasteiger partial charge on any atom is 0.239 e. The second-order valence-corrected chi connectivity index (χ2v) is 4.77. The van der Waals surface area contributed by atoms with Crippen molar-refractivity contribution >= 4 is 5.91 Å². The fraction of sp³-hybridized carbons (Fsp3) is 0.909. The minimum Gasteiger partial charge on any atom is -0.343 e. The highest BCUT2D eigenvalue weighted by Crippen LogP contribution is 2.19. The maximum absolute atomic E-state index is 12.0. The van der Waals surface area contributed by atoms with Crippen LogP contribution in [-0.2, 0) is 4.79 Å². The molecular weight excluding hydrogens is 190 g/mol. The molecule has 0 aromatic carbocycles. The van der Waals surface area contributed by atoms with Gasteiger partial charge in [0.05, 0.1) is 6.04 Å². The summed E-state index contributed by atoms with van der Waals surface area (Å²) < 4.78 is 0. The van der Waals surface area contributed by atoms with Crippen molar-refractivity contribution in [2.24, 2.45) is 11.7 Å². The maximum atomic E-state index is 12.0. The van der Waals surface area contributed by atoms with Gasteiger partial charge in [0.15, 0.2) is 0 Å². The lowest BCUT2D eigenvalue weighted by Gasteiger charge is -2.43. The zero-order valence-corrected chi connectivity index (χ0v) is 10.2. The minimum absolute atomic E-state index is 0.00213. The fourth-order valence-corrected chi connectivity index (χ4v) is 2.18. The summed E-state index contributed by atoms with van der Waals surface area (Å²) in [6, 6.07) is 0.289. The number of hydrogen-bond donors (Lipinski definition) is 1. The van der Waals surface area contributed by atoms with E-state index in [0.29, 0.717) is 12.5 Å². The van der Waals surface area contributed by atoms with Crippen LogP contribution in [0.4, 0.5) is 0 Å². The first-order valence-corrected chi connectivity index (χ1v) is 5.69. The average Bonchev–Trinajstić information content (AvgIpc) is 2.20. The summed E-state index contributed by atoms with van der Waals surface area (Å²) in [5, 5.41) is 0. The van der Waals surface area contributed by atoms with Gasteiger partial charge in [0.1, 0.15) is 0 Å². The first kappa shape index (κ1) is 12.5. The summed E-state index contributed by atoms with van der Waals surface area (Å²) in [6.07, 6.45) is 0. The Labute approximate surface area is 92.4 Å². The third-order valence-electron chi connectivity index (χ3n) is 3.22. The van der Waals surface area contributed by atoms with Gasteiger partial charge >= 0.3 is 0 Å². The molecule has 0 bridgehead atoms. The summed E-state index contributed by atoms with van der Waals surface area (Å²) in [5.41, 5.74) is 5.68. The Morgan fingerprint density at radius 2 is 2.00 bits per heavy atom. The first-order valence-electron chi connectivity index (χ1n) is 5.69. The van der Waals surface area contributed by atoms with Crippen molar-refractivity contribution in [2.45, 2.75) is 32.9 Å². The van der Waals surface area contributed by atoms with Crippen LogP contribution in [0.5, 0.6) is 0 Å². The van der Waals surface area contributed by atoms with E-state index < -0.39 is 0 Å². The Morgan fingerprint density at radius 3 is 2.47 bits per heavy atom. The molecule has 0 aromatic rings. The topological polar surface area (TPSA) is 49.6 Å². The van der Waals surface area contributed by atoms with Crippen molar-refractivity contribution < 1.29 is 4.79 Å². The largest absolute Gasteiger partial charge is 0.343 e. The predicted octanol–water partition coefficient (Wildman–Crippen LogP) is 0.132. The highest BCUT2D eigenvalue weighted by Gasteiger charge is 2.36. The van der Waals surface area contributed by atoms with E-state index in [-0.39, 0.29) is 18.0 Å². The van der Waals surface area contributed by atoms with Crippen LogP contribution < -0.4 is 5.73 Å². The molecule has 0 aromatic heterocycles. The Hall–Kier alpha value is -0.610. The standard InChI is InChI=1S/C11H23N3O/c1-8(2)10-11(15)13(4)5-6-14(10)9(3)7-12/h8-10H,5-7,12H2,1-4H3. The smallest absolute Gasteiger partial charge is 0.239 e. The highest BCUT2D eigenvalue weighted by molar-refractivity contribution is 5.82. The molecule has 15 heavy (non-hydrogen) atoms. The molecule has 1 aliphatic rings. The molecule has 1 saturated heterocycles. The minimum atomic E-state index is 0.00213. The zero-order chi connectivity index (χ0) is 11.6. The molecule has 1 rings (SSSR count). The normalized spacial score (nSPS) is 26.1. The molecule has 4 nitrogen and oxygen atoms in total. The van der Waals surface area contributed by atoms with Gasteiger partial charge < -0.3 is 10.6 Å². The number of rotatable bonds is 3. The molecule has 2 unspecified atom stereocenters. The van der Waals surface area contributed by atoms with Gasteiger partial charge in [-0.3, -0.25) is 9.69 Å². The summed E-state index contributed by atoms with van der Waals surface area (Å²) in [7, 11) is 1.88. The number of nitrogens with zero attached hydrogens (tertiary/aromatic N) is 2. The molecule has 0 radical (unpaired) electrons. The lowest BCUT2D eigenvalue weighted by atomic mass is 9.97. The number of amides is 1.